The van der Waals surface area contributed by atoms with Crippen LogP contribution in [0.4, 0.5) is 5.69 Å². The number of cyclic esters (lactones) is 1. The molecular weight excluding hydrogens is 472 g/mol. The van der Waals surface area contributed by atoms with Crippen LogP contribution in [0.25, 0.3) is 0 Å². The molecule has 4 aliphatic heterocycles. The number of nitrogens with zero attached hydrogens (tertiary/aromatic N) is 2. The Morgan fingerprint density at radius 1 is 1.05 bits per heavy atom. The van der Waals surface area contributed by atoms with Gasteiger partial charge in [-0.05, 0) is 50.3 Å². The van der Waals surface area contributed by atoms with Crippen LogP contribution >= 0.6 is 0 Å². The predicted molar refractivity (Wildman–Crippen MR) is 138 cm³/mol. The largest absolute Gasteiger partial charge is 0.461 e. The van der Waals surface area contributed by atoms with Gasteiger partial charge in [-0.15, -0.1) is 0 Å². The van der Waals surface area contributed by atoms with E-state index in [9.17, 15) is 19.5 Å². The summed E-state index contributed by atoms with van der Waals surface area (Å²) < 4.78 is 12.2. The third kappa shape index (κ3) is 3.76. The average Bonchev–Trinajstić information content (AvgIpc) is 3.10. The lowest BCUT2D eigenvalue weighted by Gasteiger charge is -2.40. The number of hydrogen-bond acceptors (Lipinski definition) is 6. The average molecular weight is 509 g/mol. The van der Waals surface area contributed by atoms with E-state index in [-0.39, 0.29) is 30.9 Å². The predicted octanol–water partition coefficient (Wildman–Crippen LogP) is 2.70. The fourth-order valence-electron chi connectivity index (χ4n) is 6.94. The highest BCUT2D eigenvalue weighted by atomic mass is 16.6. The number of para-hydroxylation sites is 1. The fraction of sp³-hybridized carbons (Fsp3) is 0.552. The summed E-state index contributed by atoms with van der Waals surface area (Å²) in [6.45, 7) is 9.84. The van der Waals surface area contributed by atoms with Crippen LogP contribution in [0.5, 0.6) is 0 Å². The van der Waals surface area contributed by atoms with E-state index in [1.165, 1.54) is 4.90 Å². The minimum absolute atomic E-state index is 0.108. The summed E-state index contributed by atoms with van der Waals surface area (Å²) in [7, 11) is 0. The van der Waals surface area contributed by atoms with Crippen LogP contribution < -0.4 is 4.90 Å². The molecule has 0 aliphatic carbocycles. The number of aryl methyl sites for hydroxylation is 2. The molecule has 2 amide bonds. The van der Waals surface area contributed by atoms with Gasteiger partial charge in [-0.1, -0.05) is 50.3 Å². The van der Waals surface area contributed by atoms with Crippen molar-refractivity contribution >= 4 is 23.5 Å². The van der Waals surface area contributed by atoms with Gasteiger partial charge in [-0.2, -0.15) is 0 Å². The second kappa shape index (κ2) is 9.10. The van der Waals surface area contributed by atoms with Crippen LogP contribution in [0, 0.1) is 31.6 Å². The van der Waals surface area contributed by atoms with Gasteiger partial charge in [-0.25, -0.2) is 0 Å². The van der Waals surface area contributed by atoms with Crippen molar-refractivity contribution in [2.45, 2.75) is 64.3 Å². The molecule has 1 aromatic carbocycles. The number of fused-ring (bicyclic) bond motifs is 2. The summed E-state index contributed by atoms with van der Waals surface area (Å²) in [5.74, 6) is -2.83. The lowest BCUT2D eigenvalue weighted by atomic mass is 9.75. The number of anilines is 1. The summed E-state index contributed by atoms with van der Waals surface area (Å²) in [5.41, 5.74) is 0.212. The minimum atomic E-state index is -1.37. The van der Waals surface area contributed by atoms with Crippen molar-refractivity contribution in [3.8, 4) is 0 Å². The molecule has 1 spiro atoms. The first-order valence-corrected chi connectivity index (χ1v) is 13.1. The Bertz CT molecular complexity index is 1170. The second-order valence-corrected chi connectivity index (χ2v) is 11.3. The van der Waals surface area contributed by atoms with Crippen LogP contribution in [0.3, 0.4) is 0 Å². The molecule has 198 valence electrons. The number of esters is 1. The molecule has 0 radical (unpaired) electrons. The molecule has 37 heavy (non-hydrogen) atoms. The van der Waals surface area contributed by atoms with Gasteiger partial charge in [0.15, 0.2) is 0 Å². The highest BCUT2D eigenvalue weighted by Gasteiger charge is 2.75. The molecule has 8 heteroatoms. The molecule has 8 nitrogen and oxygen atoms in total. The highest BCUT2D eigenvalue weighted by molar-refractivity contribution is 6.06. The maximum atomic E-state index is 14.6. The first kappa shape index (κ1) is 25.7. The molecular formula is C29H36N2O6. The molecule has 5 rings (SSSR count). The van der Waals surface area contributed by atoms with Gasteiger partial charge in [-0.3, -0.25) is 14.4 Å². The topological polar surface area (TPSA) is 96.4 Å². The van der Waals surface area contributed by atoms with Crippen LogP contribution in [0.1, 0.15) is 38.3 Å². The molecule has 1 N–H and O–H groups in total. The molecule has 1 unspecified atom stereocenters. The number of carbonyl (C=O) groups is 3. The summed E-state index contributed by atoms with van der Waals surface area (Å²) in [5, 5.41) is 10.4. The third-order valence-corrected chi connectivity index (χ3v) is 8.31. The summed E-state index contributed by atoms with van der Waals surface area (Å²) in [6, 6.07) is 4.24. The minimum Gasteiger partial charge on any atom is -0.461 e. The lowest BCUT2D eigenvalue weighted by molar-refractivity contribution is -0.158. The summed E-state index contributed by atoms with van der Waals surface area (Å²) in [6.07, 6.45) is 7.71. The SMILES string of the molecule is Cc1cccc(C)c1N1CC=C[C@]23O[C@]4(C)C=CCOC(=O)[C@@H]4[C@H]2C(=O)N([C@@H](CO)CC(C)C)C3C1=O. The van der Waals surface area contributed by atoms with Crippen molar-refractivity contribution in [3.05, 3.63) is 53.6 Å². The van der Waals surface area contributed by atoms with Gasteiger partial charge in [0.05, 0.1) is 24.2 Å². The monoisotopic (exact) mass is 508 g/mol. The quantitative estimate of drug-likeness (QED) is 0.485. The lowest BCUT2D eigenvalue weighted by Crippen LogP contribution is -2.59. The van der Waals surface area contributed by atoms with Gasteiger partial charge in [0.2, 0.25) is 5.91 Å². The zero-order valence-corrected chi connectivity index (χ0v) is 22.1. The Morgan fingerprint density at radius 2 is 1.76 bits per heavy atom. The van der Waals surface area contributed by atoms with Crippen molar-refractivity contribution in [1.29, 1.82) is 0 Å². The molecule has 4 heterocycles. The highest BCUT2D eigenvalue weighted by Crippen LogP contribution is 2.58. The van der Waals surface area contributed by atoms with Gasteiger partial charge >= 0.3 is 5.97 Å². The molecule has 0 saturated carbocycles. The zero-order valence-electron chi connectivity index (χ0n) is 22.1. The number of benzene rings is 1. The third-order valence-electron chi connectivity index (χ3n) is 8.31. The number of aliphatic hydroxyl groups is 1. The molecule has 0 bridgehead atoms. The first-order chi connectivity index (χ1) is 17.6. The van der Waals surface area contributed by atoms with Gasteiger partial charge in [0.25, 0.3) is 5.91 Å². The van der Waals surface area contributed by atoms with Gasteiger partial charge in [0.1, 0.15) is 24.2 Å². The smallest absolute Gasteiger partial charge is 0.313 e. The fourth-order valence-corrected chi connectivity index (χ4v) is 6.94. The second-order valence-electron chi connectivity index (χ2n) is 11.3. The number of ether oxygens (including phenoxy) is 2. The first-order valence-electron chi connectivity index (χ1n) is 13.1. The summed E-state index contributed by atoms with van der Waals surface area (Å²) >= 11 is 0. The molecule has 1 aromatic rings. The number of hydrogen-bond donors (Lipinski definition) is 1. The number of carbonyl (C=O) groups excluding carboxylic acids is 3. The summed E-state index contributed by atoms with van der Waals surface area (Å²) in [4.78, 5) is 45.4. The van der Waals surface area contributed by atoms with Gasteiger partial charge in [0, 0.05) is 12.2 Å². The van der Waals surface area contributed by atoms with Gasteiger partial charge < -0.3 is 24.4 Å². The van der Waals surface area contributed by atoms with Crippen molar-refractivity contribution < 1.29 is 29.0 Å². The molecule has 2 fully saturated rings. The maximum Gasteiger partial charge on any atom is 0.313 e. The maximum absolute atomic E-state index is 14.6. The standard InChI is InChI=1S/C29H36N2O6/c1-17(2)15-20(16-32)31-24-26(34)30(23-18(3)9-6-10-19(23)4)13-7-12-29(24)21(25(31)33)22-27(35)36-14-8-11-28(22,5)37-29/h6-12,17,20-22,24,32H,13-16H2,1-5H3/t20-,21+,22+,24?,28-,29+/m1/s1. The van der Waals surface area contributed by atoms with E-state index >= 15 is 0 Å². The zero-order chi connectivity index (χ0) is 26.7. The van der Waals surface area contributed by atoms with E-state index in [0.717, 1.165) is 16.8 Å². The van der Waals surface area contributed by atoms with E-state index in [1.807, 2.05) is 58.0 Å². The normalized spacial score (nSPS) is 33.7. The molecule has 4 aliphatic rings. The Balaban J connectivity index is 1.70. The van der Waals surface area contributed by atoms with E-state index in [0.29, 0.717) is 13.0 Å². The Labute approximate surface area is 217 Å². The van der Waals surface area contributed by atoms with Crippen LogP contribution in [0.15, 0.2) is 42.5 Å². The van der Waals surface area contributed by atoms with Crippen molar-refractivity contribution in [3.63, 3.8) is 0 Å². The van der Waals surface area contributed by atoms with Crippen LogP contribution in [0.2, 0.25) is 0 Å². The number of amides is 2. The number of rotatable bonds is 5. The van der Waals surface area contributed by atoms with Crippen molar-refractivity contribution in [2.24, 2.45) is 17.8 Å². The molecule has 0 aromatic heterocycles. The van der Waals surface area contributed by atoms with Crippen molar-refractivity contribution in [2.75, 3.05) is 24.7 Å². The Morgan fingerprint density at radius 3 is 2.41 bits per heavy atom. The Kier molecular flexibility index (Phi) is 6.31. The molecule has 6 atom stereocenters. The number of aliphatic hydroxyl groups excluding tert-OH is 1. The van der Waals surface area contributed by atoms with E-state index in [2.05, 4.69) is 0 Å². The van der Waals surface area contributed by atoms with Crippen LogP contribution in [-0.4, -0.2) is 70.8 Å². The van der Waals surface area contributed by atoms with E-state index < -0.39 is 41.1 Å². The molecule has 2 saturated heterocycles. The van der Waals surface area contributed by atoms with Crippen LogP contribution in [-0.2, 0) is 23.9 Å². The van der Waals surface area contributed by atoms with Crippen molar-refractivity contribution in [1.82, 2.24) is 4.90 Å². The number of likely N-dealkylation sites (tertiary alicyclic amines) is 1. The van der Waals surface area contributed by atoms with E-state index in [1.54, 1.807) is 24.0 Å². The Hall–Kier alpha value is -2.97. The van der Waals surface area contributed by atoms with E-state index in [4.69, 9.17) is 9.47 Å².